The van der Waals surface area contributed by atoms with E-state index in [1.165, 1.54) is 41.7 Å². The zero-order valence-corrected chi connectivity index (χ0v) is 21.0. The van der Waals surface area contributed by atoms with Crippen molar-refractivity contribution in [2.45, 2.75) is 50.7 Å². The van der Waals surface area contributed by atoms with Crippen LogP contribution in [0.15, 0.2) is 66.9 Å². The molecule has 0 bridgehead atoms. The quantitative estimate of drug-likeness (QED) is 0.308. The average molecular weight is 519 g/mol. The van der Waals surface area contributed by atoms with E-state index in [0.29, 0.717) is 23.1 Å². The maximum atomic E-state index is 13.6. The highest BCUT2D eigenvalue weighted by molar-refractivity contribution is 5.63. The van der Waals surface area contributed by atoms with E-state index in [1.54, 1.807) is 18.3 Å². The van der Waals surface area contributed by atoms with Crippen molar-refractivity contribution in [2.75, 3.05) is 18.4 Å². The van der Waals surface area contributed by atoms with Gasteiger partial charge in [-0.25, -0.2) is 0 Å². The van der Waals surface area contributed by atoms with Crippen LogP contribution in [-0.2, 0) is 19.0 Å². The lowest BCUT2D eigenvalue weighted by atomic mass is 10.0. The third-order valence-electron chi connectivity index (χ3n) is 7.53. The highest BCUT2D eigenvalue weighted by Crippen LogP contribution is 2.32. The second-order valence-electron chi connectivity index (χ2n) is 10.0. The number of anilines is 2. The molecule has 0 radical (unpaired) electrons. The molecule has 4 aromatic rings. The molecule has 2 aromatic heterocycles. The summed E-state index contributed by atoms with van der Waals surface area (Å²) >= 11 is 0. The Hall–Kier alpha value is -3.72. The van der Waals surface area contributed by atoms with Gasteiger partial charge < -0.3 is 10.2 Å². The molecule has 6 nitrogen and oxygen atoms in total. The number of likely N-dealkylation sites (tertiary alicyclic amines) is 1. The molecule has 196 valence electrons. The minimum Gasteiger partial charge on any atom is -0.324 e. The number of halogens is 3. The van der Waals surface area contributed by atoms with E-state index in [-0.39, 0.29) is 5.95 Å². The van der Waals surface area contributed by atoms with Gasteiger partial charge in [0.05, 0.1) is 11.4 Å². The number of aryl methyl sites for hydroxylation is 2. The summed E-state index contributed by atoms with van der Waals surface area (Å²) in [5.74, 6) is -1.19. The van der Waals surface area contributed by atoms with Crippen molar-refractivity contribution in [3.63, 3.8) is 0 Å². The highest BCUT2D eigenvalue weighted by atomic mass is 19.4. The van der Waals surface area contributed by atoms with Gasteiger partial charge in [0.15, 0.2) is 0 Å². The van der Waals surface area contributed by atoms with E-state index >= 15 is 0 Å². The van der Waals surface area contributed by atoms with Crippen LogP contribution in [0.25, 0.3) is 16.9 Å². The van der Waals surface area contributed by atoms with Gasteiger partial charge in [-0.05, 0) is 87.0 Å². The third-order valence-corrected chi connectivity index (χ3v) is 7.53. The molecule has 2 aromatic carbocycles. The van der Waals surface area contributed by atoms with Crippen LogP contribution in [0.1, 0.15) is 42.6 Å². The standard InChI is InChI=1S/C29H29F3N6/c30-29(31,32)27-35-28(38(36-27)25-14-15-33-26(19-25)21-6-2-1-3-7-21)34-23-11-8-20-9-12-24(13-10-22(20)18-23)37-16-4-5-17-37/h1-3,6-8,11,14-15,18-19,24H,4-5,9-10,12-13,16-17H2,(H,34,35,36). The predicted molar refractivity (Wildman–Crippen MR) is 141 cm³/mol. The van der Waals surface area contributed by atoms with Gasteiger partial charge >= 0.3 is 6.18 Å². The summed E-state index contributed by atoms with van der Waals surface area (Å²) in [5.41, 5.74) is 5.19. The number of alkyl halides is 3. The summed E-state index contributed by atoms with van der Waals surface area (Å²) in [5, 5.41) is 6.94. The smallest absolute Gasteiger partial charge is 0.324 e. The summed E-state index contributed by atoms with van der Waals surface area (Å²) in [6, 6.07) is 19.5. The minimum absolute atomic E-state index is 0.00560. The van der Waals surface area contributed by atoms with Crippen molar-refractivity contribution in [3.05, 3.63) is 83.8 Å². The summed E-state index contributed by atoms with van der Waals surface area (Å²) in [7, 11) is 0. The zero-order valence-electron chi connectivity index (χ0n) is 21.0. The summed E-state index contributed by atoms with van der Waals surface area (Å²) < 4.78 is 42.1. The molecule has 0 amide bonds. The van der Waals surface area contributed by atoms with Crippen molar-refractivity contribution in [1.29, 1.82) is 0 Å². The van der Waals surface area contributed by atoms with Gasteiger partial charge in [-0.2, -0.15) is 22.8 Å². The molecule has 9 heteroatoms. The van der Waals surface area contributed by atoms with Gasteiger partial charge in [-0.3, -0.25) is 4.98 Å². The van der Waals surface area contributed by atoms with Crippen LogP contribution in [0.2, 0.25) is 0 Å². The molecule has 1 saturated heterocycles. The zero-order chi connectivity index (χ0) is 26.1. The Bertz CT molecular complexity index is 1410. The molecule has 1 aliphatic heterocycles. The van der Waals surface area contributed by atoms with Gasteiger partial charge in [0.1, 0.15) is 0 Å². The Morgan fingerprint density at radius 3 is 2.39 bits per heavy atom. The molecule has 1 aliphatic carbocycles. The summed E-state index contributed by atoms with van der Waals surface area (Å²) in [6.07, 6.45) is 3.68. The molecule has 0 saturated carbocycles. The lowest BCUT2D eigenvalue weighted by Gasteiger charge is -2.25. The fourth-order valence-corrected chi connectivity index (χ4v) is 5.58. The average Bonchev–Trinajstić information content (AvgIpc) is 3.56. The van der Waals surface area contributed by atoms with Crippen molar-refractivity contribution in [3.8, 4) is 16.9 Å². The fraction of sp³-hybridized carbons (Fsp3) is 0.345. The molecule has 0 spiro atoms. The van der Waals surface area contributed by atoms with Crippen molar-refractivity contribution < 1.29 is 13.2 Å². The van der Waals surface area contributed by atoms with Gasteiger partial charge in [0, 0.05) is 23.5 Å². The molecule has 1 atom stereocenters. The molecular formula is C29H29F3N6. The predicted octanol–water partition coefficient (Wildman–Crippen LogP) is 6.43. The normalized spacial score (nSPS) is 18.2. The van der Waals surface area contributed by atoms with Gasteiger partial charge in [0.25, 0.3) is 5.82 Å². The van der Waals surface area contributed by atoms with E-state index in [1.807, 2.05) is 36.4 Å². The molecule has 6 rings (SSSR count). The van der Waals surface area contributed by atoms with Crippen LogP contribution in [0.5, 0.6) is 0 Å². The first-order chi connectivity index (χ1) is 18.4. The molecule has 2 aliphatic rings. The van der Waals surface area contributed by atoms with Gasteiger partial charge in [-0.1, -0.05) is 36.4 Å². The number of hydrogen-bond donors (Lipinski definition) is 1. The number of aromatic nitrogens is 4. The second kappa shape index (κ2) is 10.2. The van der Waals surface area contributed by atoms with E-state index < -0.39 is 12.0 Å². The van der Waals surface area contributed by atoms with Crippen LogP contribution >= 0.6 is 0 Å². The molecule has 38 heavy (non-hydrogen) atoms. The van der Waals surface area contributed by atoms with Crippen molar-refractivity contribution >= 4 is 11.6 Å². The van der Waals surface area contributed by atoms with Gasteiger partial charge in [-0.15, -0.1) is 5.10 Å². The van der Waals surface area contributed by atoms with Crippen LogP contribution in [0, 0.1) is 0 Å². The first-order valence-electron chi connectivity index (χ1n) is 13.1. The first kappa shape index (κ1) is 24.6. The first-order valence-corrected chi connectivity index (χ1v) is 13.1. The summed E-state index contributed by atoms with van der Waals surface area (Å²) in [6.45, 7) is 2.37. The van der Waals surface area contributed by atoms with Crippen LogP contribution < -0.4 is 5.32 Å². The number of fused-ring (bicyclic) bond motifs is 1. The fourth-order valence-electron chi connectivity index (χ4n) is 5.58. The van der Waals surface area contributed by atoms with Crippen LogP contribution in [0.4, 0.5) is 24.8 Å². The number of rotatable bonds is 5. The van der Waals surface area contributed by atoms with E-state index in [2.05, 4.69) is 37.4 Å². The largest absolute Gasteiger partial charge is 0.453 e. The molecular weight excluding hydrogens is 489 g/mol. The lowest BCUT2D eigenvalue weighted by Crippen LogP contribution is -2.32. The van der Waals surface area contributed by atoms with Crippen LogP contribution in [-0.4, -0.2) is 43.8 Å². The number of nitrogens with zero attached hydrogens (tertiary/aromatic N) is 5. The van der Waals surface area contributed by atoms with E-state index in [0.717, 1.165) is 31.2 Å². The maximum absolute atomic E-state index is 13.6. The lowest BCUT2D eigenvalue weighted by molar-refractivity contribution is -0.144. The molecule has 1 unspecified atom stereocenters. The number of nitrogens with one attached hydrogen (secondary N) is 1. The number of benzene rings is 2. The maximum Gasteiger partial charge on any atom is 0.453 e. The van der Waals surface area contributed by atoms with E-state index in [9.17, 15) is 13.2 Å². The second-order valence-corrected chi connectivity index (χ2v) is 10.0. The summed E-state index contributed by atoms with van der Waals surface area (Å²) in [4.78, 5) is 10.8. The SMILES string of the molecule is FC(F)(F)c1nc(Nc2ccc3c(c2)CCC(N2CCCC2)CC3)n(-c2ccnc(-c3ccccc3)c2)n1. The highest BCUT2D eigenvalue weighted by Gasteiger charge is 2.37. The van der Waals surface area contributed by atoms with Crippen molar-refractivity contribution in [1.82, 2.24) is 24.6 Å². The minimum atomic E-state index is -4.67. The Morgan fingerprint density at radius 2 is 1.63 bits per heavy atom. The Labute approximate surface area is 219 Å². The molecule has 1 fully saturated rings. The van der Waals surface area contributed by atoms with Crippen LogP contribution in [0.3, 0.4) is 0 Å². The topological polar surface area (TPSA) is 58.9 Å². The number of hydrogen-bond acceptors (Lipinski definition) is 5. The Balaban J connectivity index is 1.30. The monoisotopic (exact) mass is 518 g/mol. The van der Waals surface area contributed by atoms with Gasteiger partial charge in [0.2, 0.25) is 5.95 Å². The van der Waals surface area contributed by atoms with Crippen molar-refractivity contribution in [2.24, 2.45) is 0 Å². The third kappa shape index (κ3) is 5.15. The molecule has 1 N–H and O–H groups in total. The Morgan fingerprint density at radius 1 is 0.868 bits per heavy atom. The molecule has 3 heterocycles. The Kier molecular flexibility index (Phi) is 6.61. The number of pyridine rings is 1. The van der Waals surface area contributed by atoms with E-state index in [4.69, 9.17) is 0 Å².